The Bertz CT molecular complexity index is 491. The molecular weight excluding hydrogens is 241 g/mol. The molecule has 0 amide bonds. The van der Waals surface area contributed by atoms with Crippen LogP contribution in [-0.4, -0.2) is 9.97 Å². The number of nitrogens with one attached hydrogen (secondary N) is 1. The van der Waals surface area contributed by atoms with Crippen LogP contribution in [0.5, 0.6) is 0 Å². The lowest BCUT2D eigenvalue weighted by molar-refractivity contribution is -0.137. The molecule has 1 N–H and O–H groups in total. The van der Waals surface area contributed by atoms with E-state index in [1.807, 2.05) is 0 Å². The highest BCUT2D eigenvalue weighted by molar-refractivity contribution is 6.32. The smallest absolute Gasteiger partial charge is 0.361 e. The summed E-state index contributed by atoms with van der Waals surface area (Å²) in [5, 5.41) is 0.0375. The van der Waals surface area contributed by atoms with Gasteiger partial charge in [0.1, 0.15) is 5.15 Å². The molecule has 6 heteroatoms. The number of pyridine rings is 1. The van der Waals surface area contributed by atoms with Crippen molar-refractivity contribution in [2.24, 2.45) is 0 Å². The van der Waals surface area contributed by atoms with E-state index in [0.29, 0.717) is 5.69 Å². The van der Waals surface area contributed by atoms with Gasteiger partial charge in [0.25, 0.3) is 0 Å². The molecule has 0 fully saturated rings. The Balaban J connectivity index is 2.54. The first kappa shape index (κ1) is 11.0. The van der Waals surface area contributed by atoms with E-state index in [1.54, 1.807) is 18.3 Å². The highest BCUT2D eigenvalue weighted by Crippen LogP contribution is 2.33. The third-order valence-electron chi connectivity index (χ3n) is 2.05. The number of rotatable bonds is 1. The number of hydrogen-bond donors (Lipinski definition) is 1. The second-order valence-electron chi connectivity index (χ2n) is 3.14. The minimum absolute atomic E-state index is 0.0375. The fourth-order valence-electron chi connectivity index (χ4n) is 1.29. The highest BCUT2D eigenvalue weighted by atomic mass is 35.5. The van der Waals surface area contributed by atoms with E-state index in [-0.39, 0.29) is 10.7 Å². The van der Waals surface area contributed by atoms with Crippen LogP contribution in [0.15, 0.2) is 30.6 Å². The van der Waals surface area contributed by atoms with Crippen LogP contribution in [0.1, 0.15) is 5.56 Å². The molecule has 0 aromatic carbocycles. The maximum atomic E-state index is 12.4. The Morgan fingerprint density at radius 2 is 2.06 bits per heavy atom. The zero-order valence-corrected chi connectivity index (χ0v) is 8.60. The molecule has 2 aromatic heterocycles. The summed E-state index contributed by atoms with van der Waals surface area (Å²) in [6.07, 6.45) is -2.10. The summed E-state index contributed by atoms with van der Waals surface area (Å²) in [6, 6.07) is 4.27. The Morgan fingerprint density at radius 3 is 2.62 bits per heavy atom. The maximum Gasteiger partial charge on any atom is 0.417 e. The van der Waals surface area contributed by atoms with Gasteiger partial charge in [-0.2, -0.15) is 13.2 Å². The average Bonchev–Trinajstić information content (AvgIpc) is 2.69. The standard InChI is InChI=1S/C10H6ClF3N2/c11-9-7(8-2-1-3-15-8)4-6(5-16-9)10(12,13)14/h1-5,15H. The van der Waals surface area contributed by atoms with Crippen LogP contribution in [0, 0.1) is 0 Å². The molecular formula is C10H6ClF3N2. The second-order valence-corrected chi connectivity index (χ2v) is 3.50. The normalized spacial score (nSPS) is 11.8. The van der Waals surface area contributed by atoms with E-state index < -0.39 is 11.7 Å². The largest absolute Gasteiger partial charge is 0.417 e. The van der Waals surface area contributed by atoms with Crippen molar-refractivity contribution in [3.8, 4) is 11.3 Å². The summed E-state index contributed by atoms with van der Waals surface area (Å²) in [5.41, 5.74) is -0.0772. The molecule has 0 saturated heterocycles. The molecule has 0 aliphatic carbocycles. The third-order valence-corrected chi connectivity index (χ3v) is 2.36. The number of alkyl halides is 3. The first-order valence-corrected chi connectivity index (χ1v) is 4.73. The summed E-state index contributed by atoms with van der Waals surface area (Å²) in [5.74, 6) is 0. The van der Waals surface area contributed by atoms with Crippen molar-refractivity contribution in [2.75, 3.05) is 0 Å². The fraction of sp³-hybridized carbons (Fsp3) is 0.100. The van der Waals surface area contributed by atoms with Gasteiger partial charge < -0.3 is 4.98 Å². The zero-order chi connectivity index (χ0) is 11.8. The molecule has 2 heterocycles. The molecule has 0 aliphatic heterocycles. The third kappa shape index (κ3) is 2.04. The lowest BCUT2D eigenvalue weighted by Gasteiger charge is -2.08. The van der Waals surface area contributed by atoms with Crippen molar-refractivity contribution in [1.29, 1.82) is 0 Å². The van der Waals surface area contributed by atoms with Crippen LogP contribution >= 0.6 is 11.6 Å². The molecule has 0 saturated carbocycles. The Labute approximate surface area is 94.1 Å². The van der Waals surface area contributed by atoms with Gasteiger partial charge in [-0.05, 0) is 18.2 Å². The van der Waals surface area contributed by atoms with Crippen LogP contribution in [0.3, 0.4) is 0 Å². The van der Waals surface area contributed by atoms with E-state index >= 15 is 0 Å². The van der Waals surface area contributed by atoms with Crippen molar-refractivity contribution in [3.63, 3.8) is 0 Å². The molecule has 84 valence electrons. The van der Waals surface area contributed by atoms with Gasteiger partial charge >= 0.3 is 6.18 Å². The van der Waals surface area contributed by atoms with Gasteiger partial charge in [-0.3, -0.25) is 0 Å². The minimum Gasteiger partial charge on any atom is -0.361 e. The van der Waals surface area contributed by atoms with E-state index in [2.05, 4.69) is 9.97 Å². The predicted molar refractivity (Wildman–Crippen MR) is 54.0 cm³/mol. The second kappa shape index (κ2) is 3.83. The minimum atomic E-state index is -4.42. The first-order chi connectivity index (χ1) is 7.48. The molecule has 0 spiro atoms. The number of aromatic nitrogens is 2. The Kier molecular flexibility index (Phi) is 2.63. The molecule has 2 rings (SSSR count). The molecule has 2 aromatic rings. The molecule has 0 atom stereocenters. The van der Waals surface area contributed by atoms with Gasteiger partial charge in [0.2, 0.25) is 0 Å². The van der Waals surface area contributed by atoms with Crippen LogP contribution in [0.4, 0.5) is 13.2 Å². The lowest BCUT2D eigenvalue weighted by atomic mass is 10.1. The van der Waals surface area contributed by atoms with Gasteiger partial charge in [-0.25, -0.2) is 4.98 Å². The quantitative estimate of drug-likeness (QED) is 0.763. The van der Waals surface area contributed by atoms with Gasteiger partial charge in [0.15, 0.2) is 0 Å². The van der Waals surface area contributed by atoms with Crippen LogP contribution in [-0.2, 0) is 6.18 Å². The van der Waals surface area contributed by atoms with E-state index in [4.69, 9.17) is 11.6 Å². The van der Waals surface area contributed by atoms with Crippen LogP contribution in [0.2, 0.25) is 5.15 Å². The number of halogens is 4. The molecule has 0 radical (unpaired) electrons. The zero-order valence-electron chi connectivity index (χ0n) is 7.85. The molecule has 0 unspecified atom stereocenters. The number of H-pyrrole nitrogens is 1. The lowest BCUT2D eigenvalue weighted by Crippen LogP contribution is -2.05. The maximum absolute atomic E-state index is 12.4. The van der Waals surface area contributed by atoms with E-state index in [0.717, 1.165) is 12.3 Å². The number of nitrogens with zero attached hydrogens (tertiary/aromatic N) is 1. The molecule has 0 bridgehead atoms. The number of aromatic amines is 1. The van der Waals surface area contributed by atoms with Crippen LogP contribution < -0.4 is 0 Å². The van der Waals surface area contributed by atoms with E-state index in [9.17, 15) is 13.2 Å². The highest BCUT2D eigenvalue weighted by Gasteiger charge is 2.31. The SMILES string of the molecule is FC(F)(F)c1cnc(Cl)c(-c2ccc[nH]2)c1. The first-order valence-electron chi connectivity index (χ1n) is 4.35. The van der Waals surface area contributed by atoms with Crippen molar-refractivity contribution < 1.29 is 13.2 Å². The van der Waals surface area contributed by atoms with Gasteiger partial charge in [0, 0.05) is 23.7 Å². The summed E-state index contributed by atoms with van der Waals surface area (Å²) < 4.78 is 37.3. The molecule has 0 aliphatic rings. The Hall–Kier alpha value is -1.49. The summed E-state index contributed by atoms with van der Waals surface area (Å²) in [7, 11) is 0. The Morgan fingerprint density at radius 1 is 1.31 bits per heavy atom. The van der Waals surface area contributed by atoms with Crippen molar-refractivity contribution in [2.45, 2.75) is 6.18 Å². The van der Waals surface area contributed by atoms with E-state index in [1.165, 1.54) is 0 Å². The van der Waals surface area contributed by atoms with Crippen LogP contribution in [0.25, 0.3) is 11.3 Å². The molecule has 2 nitrogen and oxygen atoms in total. The van der Waals surface area contributed by atoms with Crippen molar-refractivity contribution in [1.82, 2.24) is 9.97 Å². The van der Waals surface area contributed by atoms with Gasteiger partial charge in [0.05, 0.1) is 5.56 Å². The topological polar surface area (TPSA) is 28.7 Å². The summed E-state index contributed by atoms with van der Waals surface area (Å²) in [6.45, 7) is 0. The van der Waals surface area contributed by atoms with Crippen molar-refractivity contribution in [3.05, 3.63) is 41.3 Å². The predicted octanol–water partition coefficient (Wildman–Crippen LogP) is 3.75. The molecule has 16 heavy (non-hydrogen) atoms. The van der Waals surface area contributed by atoms with Gasteiger partial charge in [-0.1, -0.05) is 11.6 Å². The summed E-state index contributed by atoms with van der Waals surface area (Å²) >= 11 is 5.74. The average molecular weight is 247 g/mol. The van der Waals surface area contributed by atoms with Gasteiger partial charge in [-0.15, -0.1) is 0 Å². The number of hydrogen-bond acceptors (Lipinski definition) is 1. The fourth-order valence-corrected chi connectivity index (χ4v) is 1.50. The summed E-state index contributed by atoms with van der Waals surface area (Å²) in [4.78, 5) is 6.31. The van der Waals surface area contributed by atoms with Crippen molar-refractivity contribution >= 4 is 11.6 Å². The monoisotopic (exact) mass is 246 g/mol.